The smallest absolute Gasteiger partial charge is 0.432 e. The molecule has 12 nitrogen and oxygen atoms in total. The van der Waals surface area contributed by atoms with Crippen molar-refractivity contribution < 1.29 is 40.7 Å². The minimum absolute atomic E-state index is 0.0160. The number of ether oxygens (including phenoxy) is 1. The van der Waals surface area contributed by atoms with Crippen molar-refractivity contribution in [3.05, 3.63) is 105 Å². The number of amides is 2. The van der Waals surface area contributed by atoms with E-state index in [2.05, 4.69) is 40.9 Å². The summed E-state index contributed by atoms with van der Waals surface area (Å²) in [5, 5.41) is 18.3. The maximum absolute atomic E-state index is 15.3. The standard InChI is InChI=1S/C28H19Cl2F6N9O3/c1-27(32,33)48-21-7-3-2-5-14(21)12-38-24(46)17-9-15(29)10-19(31)22(17)39-25(47)20-11-16(13-44-42-26(40-43-44)28(34,35)36)41-45(20)23-18(30)6-4-8-37-23/h2-11H,12-13H2,1H3,(H,38,46)(H,39,47). The average Bonchev–Trinajstić information content (AvgIpc) is 3.65. The third kappa shape index (κ3) is 8.00. The van der Waals surface area contributed by atoms with Gasteiger partial charge in [-0.05, 0) is 41.6 Å². The van der Waals surface area contributed by atoms with Gasteiger partial charge in [0.2, 0.25) is 0 Å². The van der Waals surface area contributed by atoms with Gasteiger partial charge in [-0.25, -0.2) is 14.1 Å². The molecule has 3 aromatic heterocycles. The SMILES string of the molecule is CC(F)(F)Oc1ccccc1CNC(=O)c1cc(Cl)cc(F)c1NC(=O)c1cc(Cn2nnc(C(F)(F)F)n2)nn1-c1ncccc1Cl. The number of nitrogens with zero attached hydrogens (tertiary/aromatic N) is 7. The molecule has 0 aliphatic heterocycles. The number of nitrogens with one attached hydrogen (secondary N) is 2. The van der Waals surface area contributed by atoms with Crippen LogP contribution in [-0.4, -0.2) is 52.9 Å². The molecule has 0 saturated heterocycles. The predicted molar refractivity (Wildman–Crippen MR) is 157 cm³/mol. The van der Waals surface area contributed by atoms with E-state index in [1.807, 2.05) is 0 Å². The Labute approximate surface area is 275 Å². The van der Waals surface area contributed by atoms with E-state index in [-0.39, 0.29) is 45.1 Å². The highest BCUT2D eigenvalue weighted by Crippen LogP contribution is 2.29. The number of halogens is 8. The van der Waals surface area contributed by atoms with Crippen LogP contribution in [0, 0.1) is 5.82 Å². The topological polar surface area (TPSA) is 142 Å². The van der Waals surface area contributed by atoms with Crippen molar-refractivity contribution in [1.82, 2.24) is 40.3 Å². The average molecular weight is 714 g/mol. The van der Waals surface area contributed by atoms with Gasteiger partial charge in [0.1, 0.15) is 23.8 Å². The van der Waals surface area contributed by atoms with E-state index in [1.54, 1.807) is 0 Å². The van der Waals surface area contributed by atoms with Crippen LogP contribution >= 0.6 is 23.2 Å². The van der Waals surface area contributed by atoms with Crippen LogP contribution in [-0.2, 0) is 19.3 Å². The maximum Gasteiger partial charge on any atom is 0.455 e. The van der Waals surface area contributed by atoms with Gasteiger partial charge >= 0.3 is 12.3 Å². The Balaban J connectivity index is 1.45. The van der Waals surface area contributed by atoms with Crippen molar-refractivity contribution >= 4 is 40.7 Å². The number of alkyl halides is 5. The van der Waals surface area contributed by atoms with Gasteiger partial charge < -0.3 is 15.4 Å². The summed E-state index contributed by atoms with van der Waals surface area (Å²) in [6.45, 7) is -0.288. The molecular formula is C28H19Cl2F6N9O3. The van der Waals surface area contributed by atoms with Crippen LogP contribution in [0.15, 0.2) is 60.8 Å². The van der Waals surface area contributed by atoms with Gasteiger partial charge in [-0.1, -0.05) is 41.4 Å². The molecule has 0 fully saturated rings. The molecule has 20 heteroatoms. The molecule has 250 valence electrons. The first kappa shape index (κ1) is 34.1. The van der Waals surface area contributed by atoms with Crippen molar-refractivity contribution in [2.24, 2.45) is 0 Å². The number of para-hydroxylation sites is 1. The van der Waals surface area contributed by atoms with E-state index in [0.717, 1.165) is 22.9 Å². The van der Waals surface area contributed by atoms with E-state index in [4.69, 9.17) is 23.2 Å². The number of pyridine rings is 1. The summed E-state index contributed by atoms with van der Waals surface area (Å²) >= 11 is 12.3. The number of rotatable bonds is 10. The van der Waals surface area contributed by atoms with E-state index in [0.29, 0.717) is 11.7 Å². The second kappa shape index (κ2) is 13.5. The Kier molecular flexibility index (Phi) is 9.58. The third-order valence-corrected chi connectivity index (χ3v) is 6.69. The molecule has 3 heterocycles. The number of aromatic nitrogens is 7. The molecule has 0 radical (unpaired) electrons. The second-order valence-electron chi connectivity index (χ2n) is 9.85. The van der Waals surface area contributed by atoms with Crippen molar-refractivity contribution in [2.45, 2.75) is 32.3 Å². The lowest BCUT2D eigenvalue weighted by Crippen LogP contribution is -2.27. The van der Waals surface area contributed by atoms with Crippen molar-refractivity contribution in [1.29, 1.82) is 0 Å². The zero-order valence-corrected chi connectivity index (χ0v) is 25.6. The van der Waals surface area contributed by atoms with Gasteiger partial charge in [0.25, 0.3) is 17.6 Å². The first-order valence-corrected chi connectivity index (χ1v) is 14.1. The first-order valence-electron chi connectivity index (χ1n) is 13.4. The van der Waals surface area contributed by atoms with Crippen LogP contribution in [0.4, 0.5) is 32.0 Å². The summed E-state index contributed by atoms with van der Waals surface area (Å²) in [5.74, 6) is -4.93. The Morgan fingerprint density at radius 1 is 0.979 bits per heavy atom. The lowest BCUT2D eigenvalue weighted by Gasteiger charge is -2.17. The number of carbonyl (C=O) groups is 2. The van der Waals surface area contributed by atoms with Gasteiger partial charge in [-0.3, -0.25) is 9.59 Å². The normalized spacial score (nSPS) is 11.8. The molecule has 0 bridgehead atoms. The molecule has 5 aromatic rings. The monoisotopic (exact) mass is 713 g/mol. The summed E-state index contributed by atoms with van der Waals surface area (Å²) < 4.78 is 86.8. The second-order valence-corrected chi connectivity index (χ2v) is 10.7. The Morgan fingerprint density at radius 3 is 2.42 bits per heavy atom. The summed E-state index contributed by atoms with van der Waals surface area (Å²) in [5.41, 5.74) is -1.30. The molecule has 0 saturated carbocycles. The third-order valence-electron chi connectivity index (χ3n) is 6.18. The number of carbonyl (C=O) groups excluding carboxylic acids is 2. The highest BCUT2D eigenvalue weighted by Gasteiger charge is 2.37. The first-order chi connectivity index (χ1) is 22.6. The Bertz CT molecular complexity index is 2000. The Morgan fingerprint density at radius 2 is 1.73 bits per heavy atom. The number of tetrazole rings is 1. The van der Waals surface area contributed by atoms with Crippen LogP contribution in [0.5, 0.6) is 5.75 Å². The largest absolute Gasteiger partial charge is 0.455 e. The van der Waals surface area contributed by atoms with Gasteiger partial charge in [0, 0.05) is 30.3 Å². The number of hydrogen-bond acceptors (Lipinski definition) is 8. The van der Waals surface area contributed by atoms with E-state index in [1.165, 1.54) is 42.6 Å². The fourth-order valence-electron chi connectivity index (χ4n) is 4.20. The zero-order valence-electron chi connectivity index (χ0n) is 24.1. The van der Waals surface area contributed by atoms with Gasteiger partial charge in [0.15, 0.2) is 5.82 Å². The number of benzene rings is 2. The van der Waals surface area contributed by atoms with Crippen molar-refractivity contribution in [3.8, 4) is 11.6 Å². The van der Waals surface area contributed by atoms with E-state index in [9.17, 15) is 31.5 Å². The minimum atomic E-state index is -4.86. The minimum Gasteiger partial charge on any atom is -0.432 e. The fourth-order valence-corrected chi connectivity index (χ4v) is 4.61. The van der Waals surface area contributed by atoms with Crippen LogP contribution < -0.4 is 15.4 Å². The highest BCUT2D eigenvalue weighted by atomic mass is 35.5. The van der Waals surface area contributed by atoms with Crippen LogP contribution in [0.1, 0.15) is 44.9 Å². The summed E-state index contributed by atoms with van der Waals surface area (Å²) in [6.07, 6.45) is -7.06. The van der Waals surface area contributed by atoms with E-state index >= 15 is 4.39 Å². The molecule has 0 aliphatic rings. The Hall–Kier alpha value is -5.23. The van der Waals surface area contributed by atoms with Crippen LogP contribution in [0.3, 0.4) is 0 Å². The molecule has 0 aliphatic carbocycles. The highest BCUT2D eigenvalue weighted by molar-refractivity contribution is 6.32. The molecule has 0 atom stereocenters. The van der Waals surface area contributed by atoms with Gasteiger partial charge in [-0.2, -0.15) is 31.8 Å². The molecule has 0 unspecified atom stereocenters. The lowest BCUT2D eigenvalue weighted by atomic mass is 10.1. The quantitative estimate of drug-likeness (QED) is 0.170. The maximum atomic E-state index is 15.3. The molecule has 0 spiro atoms. The van der Waals surface area contributed by atoms with Crippen LogP contribution in [0.25, 0.3) is 5.82 Å². The zero-order chi connectivity index (χ0) is 34.8. The van der Waals surface area contributed by atoms with Gasteiger partial charge in [-0.15, -0.1) is 10.2 Å². The molecule has 5 rings (SSSR count). The van der Waals surface area contributed by atoms with E-state index < -0.39 is 53.5 Å². The molecule has 48 heavy (non-hydrogen) atoms. The van der Waals surface area contributed by atoms with Gasteiger partial charge in [0.05, 0.1) is 22.0 Å². The lowest BCUT2D eigenvalue weighted by molar-refractivity contribution is -0.159. The molecule has 2 N–H and O–H groups in total. The molecule has 2 amide bonds. The van der Waals surface area contributed by atoms with Crippen LogP contribution in [0.2, 0.25) is 10.0 Å². The summed E-state index contributed by atoms with van der Waals surface area (Å²) in [6, 6.07) is 11.6. The van der Waals surface area contributed by atoms with Crippen molar-refractivity contribution in [3.63, 3.8) is 0 Å². The number of anilines is 1. The summed E-state index contributed by atoms with van der Waals surface area (Å²) in [4.78, 5) is 31.6. The molecular weight excluding hydrogens is 695 g/mol. The fraction of sp³-hybridized carbons (Fsp3) is 0.179. The predicted octanol–water partition coefficient (Wildman–Crippen LogP) is 5.94. The molecule has 2 aromatic carbocycles. The number of hydrogen-bond donors (Lipinski definition) is 2. The van der Waals surface area contributed by atoms with Crippen molar-refractivity contribution in [2.75, 3.05) is 5.32 Å². The summed E-state index contributed by atoms with van der Waals surface area (Å²) in [7, 11) is 0.